The number of carbonyl (C=O) groups is 4. The summed E-state index contributed by atoms with van der Waals surface area (Å²) in [5.74, 6) is -3.53. The van der Waals surface area contributed by atoms with Gasteiger partial charge < -0.3 is 41.7 Å². The van der Waals surface area contributed by atoms with E-state index in [4.69, 9.17) is 5.73 Å². The van der Waals surface area contributed by atoms with Crippen LogP contribution in [0.2, 0.25) is 0 Å². The van der Waals surface area contributed by atoms with E-state index in [9.17, 15) is 24.3 Å². The summed E-state index contributed by atoms with van der Waals surface area (Å²) in [5, 5.41) is 17.4. The van der Waals surface area contributed by atoms with Crippen LogP contribution in [0.5, 0.6) is 0 Å². The molecular formula is C23H32N10O5. The second-order valence-electron chi connectivity index (χ2n) is 9.14. The number of carboxylic acids is 1. The number of nitrogens with one attached hydrogen (secondary N) is 6. The van der Waals surface area contributed by atoms with Crippen molar-refractivity contribution in [2.75, 3.05) is 0 Å². The molecule has 0 bridgehead atoms. The fourth-order valence-corrected chi connectivity index (χ4v) is 3.70. The molecule has 15 heteroatoms. The Bertz CT molecular complexity index is 1180. The minimum Gasteiger partial charge on any atom is -0.480 e. The van der Waals surface area contributed by atoms with E-state index in [-0.39, 0.29) is 19.3 Å². The number of aliphatic carboxylic acids is 1. The number of amides is 3. The molecule has 0 aliphatic carbocycles. The number of hydrogen-bond donors (Lipinski definition) is 8. The van der Waals surface area contributed by atoms with Crippen LogP contribution in [-0.4, -0.2) is 82.9 Å². The maximum absolute atomic E-state index is 13.3. The van der Waals surface area contributed by atoms with Crippen LogP contribution in [0.25, 0.3) is 0 Å². The van der Waals surface area contributed by atoms with Gasteiger partial charge in [-0.05, 0) is 5.92 Å². The van der Waals surface area contributed by atoms with Crippen LogP contribution in [0.3, 0.4) is 0 Å². The van der Waals surface area contributed by atoms with Gasteiger partial charge in [0.05, 0.1) is 25.0 Å². The van der Waals surface area contributed by atoms with Gasteiger partial charge in [0.15, 0.2) is 0 Å². The molecular weight excluding hydrogens is 496 g/mol. The molecule has 204 valence electrons. The zero-order valence-corrected chi connectivity index (χ0v) is 21.0. The molecule has 3 aromatic rings. The fourth-order valence-electron chi connectivity index (χ4n) is 3.70. The van der Waals surface area contributed by atoms with Gasteiger partial charge in [-0.2, -0.15) is 0 Å². The second-order valence-corrected chi connectivity index (χ2v) is 9.14. The lowest BCUT2D eigenvalue weighted by Crippen LogP contribution is -2.59. The molecule has 3 aromatic heterocycles. The largest absolute Gasteiger partial charge is 0.480 e. The van der Waals surface area contributed by atoms with E-state index >= 15 is 0 Å². The average Bonchev–Trinajstić information content (AvgIpc) is 3.65. The summed E-state index contributed by atoms with van der Waals surface area (Å²) in [5.41, 5.74) is 7.78. The average molecular weight is 529 g/mol. The number of carboxylic acid groups (broad SMARTS) is 1. The number of nitrogens with zero attached hydrogens (tertiary/aromatic N) is 3. The number of aromatic amines is 3. The predicted octanol–water partition coefficient (Wildman–Crippen LogP) is -1.59. The van der Waals surface area contributed by atoms with Crippen LogP contribution in [0.1, 0.15) is 30.9 Å². The Hall–Kier alpha value is -4.53. The lowest BCUT2D eigenvalue weighted by molar-refractivity contribution is -0.142. The molecule has 0 fully saturated rings. The van der Waals surface area contributed by atoms with Crippen molar-refractivity contribution in [3.05, 3.63) is 54.7 Å². The first-order valence-corrected chi connectivity index (χ1v) is 11.9. The third-order valence-electron chi connectivity index (χ3n) is 5.78. The summed E-state index contributed by atoms with van der Waals surface area (Å²) in [7, 11) is 0. The highest BCUT2D eigenvalue weighted by Gasteiger charge is 2.32. The second kappa shape index (κ2) is 13.1. The molecule has 9 N–H and O–H groups in total. The molecule has 0 radical (unpaired) electrons. The number of rotatable bonds is 14. The highest BCUT2D eigenvalue weighted by molar-refractivity contribution is 5.94. The minimum atomic E-state index is -1.25. The molecule has 0 spiro atoms. The van der Waals surface area contributed by atoms with Gasteiger partial charge in [0.1, 0.15) is 18.1 Å². The Balaban J connectivity index is 1.70. The monoisotopic (exact) mass is 528 g/mol. The molecule has 4 atom stereocenters. The van der Waals surface area contributed by atoms with Gasteiger partial charge in [0.25, 0.3) is 0 Å². The SMILES string of the molecule is CC(C)C(NC(=O)C(Cc1cnc[nH]1)NC(=O)C(N)Cc1cnc[nH]1)C(=O)NC(Cc1cnc[nH]1)C(=O)O. The van der Waals surface area contributed by atoms with E-state index in [1.54, 1.807) is 20.0 Å². The van der Waals surface area contributed by atoms with Gasteiger partial charge >= 0.3 is 5.97 Å². The molecule has 0 aliphatic heterocycles. The predicted molar refractivity (Wildman–Crippen MR) is 133 cm³/mol. The van der Waals surface area contributed by atoms with Crippen molar-refractivity contribution in [1.29, 1.82) is 0 Å². The Kier molecular flexibility index (Phi) is 9.70. The number of nitrogens with two attached hydrogens (primary N) is 1. The van der Waals surface area contributed by atoms with Gasteiger partial charge in [-0.15, -0.1) is 0 Å². The van der Waals surface area contributed by atoms with Crippen molar-refractivity contribution < 1.29 is 24.3 Å². The molecule has 0 aromatic carbocycles. The molecule has 0 aliphatic rings. The highest BCUT2D eigenvalue weighted by Crippen LogP contribution is 2.08. The molecule has 38 heavy (non-hydrogen) atoms. The summed E-state index contributed by atoms with van der Waals surface area (Å²) in [6.45, 7) is 3.41. The lowest BCUT2D eigenvalue weighted by Gasteiger charge is -2.27. The number of aromatic nitrogens is 6. The van der Waals surface area contributed by atoms with E-state index in [1.165, 1.54) is 31.4 Å². The normalized spacial score (nSPS) is 14.3. The van der Waals surface area contributed by atoms with Crippen molar-refractivity contribution in [2.45, 2.75) is 57.3 Å². The summed E-state index contributed by atoms with van der Waals surface area (Å²) in [6.07, 6.45) is 9.04. The maximum atomic E-state index is 13.3. The third-order valence-corrected chi connectivity index (χ3v) is 5.78. The molecule has 0 saturated carbocycles. The van der Waals surface area contributed by atoms with Crippen molar-refractivity contribution in [3.8, 4) is 0 Å². The first-order chi connectivity index (χ1) is 18.1. The van der Waals surface area contributed by atoms with Gasteiger partial charge in [0, 0.05) is 54.9 Å². The zero-order chi connectivity index (χ0) is 27.7. The smallest absolute Gasteiger partial charge is 0.326 e. The minimum absolute atomic E-state index is 0.0213. The molecule has 3 amide bonds. The van der Waals surface area contributed by atoms with Crippen LogP contribution in [0.15, 0.2) is 37.6 Å². The van der Waals surface area contributed by atoms with Gasteiger partial charge in [-0.25, -0.2) is 19.7 Å². The number of carbonyl (C=O) groups excluding carboxylic acids is 3. The summed E-state index contributed by atoms with van der Waals surface area (Å²) in [4.78, 5) is 71.2. The Morgan fingerprint density at radius 3 is 1.68 bits per heavy atom. The van der Waals surface area contributed by atoms with E-state index in [0.717, 1.165) is 0 Å². The quantitative estimate of drug-likeness (QED) is 0.120. The van der Waals surface area contributed by atoms with Crippen molar-refractivity contribution in [3.63, 3.8) is 0 Å². The molecule has 3 rings (SSSR count). The van der Waals surface area contributed by atoms with Crippen molar-refractivity contribution >= 4 is 23.7 Å². The Morgan fingerprint density at radius 1 is 0.763 bits per heavy atom. The van der Waals surface area contributed by atoms with E-state index in [2.05, 4.69) is 45.9 Å². The highest BCUT2D eigenvalue weighted by atomic mass is 16.4. The summed E-state index contributed by atoms with van der Waals surface area (Å²) < 4.78 is 0. The van der Waals surface area contributed by atoms with Gasteiger partial charge in [-0.3, -0.25) is 14.4 Å². The molecule has 4 unspecified atom stereocenters. The van der Waals surface area contributed by atoms with E-state index in [0.29, 0.717) is 17.1 Å². The fraction of sp³-hybridized carbons (Fsp3) is 0.435. The van der Waals surface area contributed by atoms with Crippen LogP contribution in [0.4, 0.5) is 0 Å². The number of H-pyrrole nitrogens is 3. The summed E-state index contributed by atoms with van der Waals surface area (Å²) in [6, 6.07) is -4.38. The number of hydrogen-bond acceptors (Lipinski definition) is 8. The molecule has 15 nitrogen and oxygen atoms in total. The summed E-state index contributed by atoms with van der Waals surface area (Å²) >= 11 is 0. The maximum Gasteiger partial charge on any atom is 0.326 e. The van der Waals surface area contributed by atoms with Crippen molar-refractivity contribution in [2.24, 2.45) is 11.7 Å². The van der Waals surface area contributed by atoms with Gasteiger partial charge in [-0.1, -0.05) is 13.8 Å². The van der Waals surface area contributed by atoms with Crippen LogP contribution >= 0.6 is 0 Å². The topological polar surface area (TPSA) is 237 Å². The zero-order valence-electron chi connectivity index (χ0n) is 21.0. The van der Waals surface area contributed by atoms with E-state index in [1.807, 2.05) is 0 Å². The molecule has 3 heterocycles. The van der Waals surface area contributed by atoms with Crippen LogP contribution < -0.4 is 21.7 Å². The lowest BCUT2D eigenvalue weighted by atomic mass is 10.0. The molecule has 0 saturated heterocycles. The van der Waals surface area contributed by atoms with E-state index < -0.39 is 53.8 Å². The van der Waals surface area contributed by atoms with Crippen molar-refractivity contribution in [1.82, 2.24) is 45.9 Å². The standard InChI is InChI=1S/C23H32N10O5/c1-12(2)19(22(36)32-18(23(37)38)5-15-8-27-11-30-15)33-21(35)17(4-14-7-26-10-29-14)31-20(34)16(24)3-13-6-25-9-28-13/h6-12,16-19H,3-5,24H2,1-2H3,(H,25,28)(H,26,29)(H,27,30)(H,31,34)(H,32,36)(H,33,35)(H,37,38). The van der Waals surface area contributed by atoms with Crippen LogP contribution in [-0.2, 0) is 38.4 Å². The van der Waals surface area contributed by atoms with Gasteiger partial charge in [0.2, 0.25) is 17.7 Å². The third kappa shape index (κ3) is 7.99. The number of imidazole rings is 3. The Morgan fingerprint density at radius 2 is 1.24 bits per heavy atom. The first kappa shape index (κ1) is 28.0. The first-order valence-electron chi connectivity index (χ1n) is 11.9. The van der Waals surface area contributed by atoms with Crippen LogP contribution in [0, 0.1) is 5.92 Å². The Labute approximate surface area is 217 Å².